The molecule has 1 aliphatic heterocycles. The van der Waals surface area contributed by atoms with Gasteiger partial charge in [0.25, 0.3) is 5.91 Å². The van der Waals surface area contributed by atoms with Gasteiger partial charge in [-0.1, -0.05) is 0 Å². The van der Waals surface area contributed by atoms with Gasteiger partial charge in [0.05, 0.1) is 23.2 Å². The van der Waals surface area contributed by atoms with Gasteiger partial charge in [-0.05, 0) is 50.5 Å². The lowest BCUT2D eigenvalue weighted by Crippen LogP contribution is -2.22. The van der Waals surface area contributed by atoms with E-state index in [9.17, 15) is 22.8 Å². The normalized spacial score (nSPS) is 18.1. The van der Waals surface area contributed by atoms with Crippen LogP contribution >= 0.6 is 0 Å². The Balaban J connectivity index is 1.75. The minimum absolute atomic E-state index is 0.0140. The zero-order chi connectivity index (χ0) is 20.0. The fourth-order valence-corrected chi connectivity index (χ4v) is 4.50. The summed E-state index contributed by atoms with van der Waals surface area (Å²) in [5.41, 5.74) is 0.804. The number of carbonyl (C=O) groups excluding carboxylic acids is 3. The molecule has 0 radical (unpaired) electrons. The first-order chi connectivity index (χ1) is 12.6. The number of hydrogen-bond donors (Lipinski definition) is 1. The van der Waals surface area contributed by atoms with E-state index in [0.29, 0.717) is 17.7 Å². The summed E-state index contributed by atoms with van der Waals surface area (Å²) in [6, 6.07) is 6.12. The summed E-state index contributed by atoms with van der Waals surface area (Å²) in [5, 5.41) is 2.55. The molecule has 1 heterocycles. The zero-order valence-corrected chi connectivity index (χ0v) is 16.1. The Hall–Kier alpha value is -2.42. The van der Waals surface area contributed by atoms with E-state index in [2.05, 4.69) is 5.32 Å². The second-order valence-corrected chi connectivity index (χ2v) is 8.94. The standard InChI is InChI=1S/C18H23NO7S/c1-12(2)26-18(22)14-3-5-15(6-4-14)19-16(20)10-25-17(21)9-13-7-8-27(23,24)11-13/h3-6,12-13H,7-11H2,1-2H3,(H,19,20)/t13-/m1/s1. The molecule has 2 rings (SSSR count). The minimum Gasteiger partial charge on any atom is -0.459 e. The predicted molar refractivity (Wildman–Crippen MR) is 98.0 cm³/mol. The lowest BCUT2D eigenvalue weighted by molar-refractivity contribution is -0.148. The molecular weight excluding hydrogens is 374 g/mol. The van der Waals surface area contributed by atoms with Crippen molar-refractivity contribution in [2.75, 3.05) is 23.4 Å². The van der Waals surface area contributed by atoms with Crippen molar-refractivity contribution in [1.82, 2.24) is 0 Å². The third kappa shape index (κ3) is 7.01. The molecule has 9 heteroatoms. The molecule has 1 amide bonds. The highest BCUT2D eigenvalue weighted by atomic mass is 32.2. The van der Waals surface area contributed by atoms with Crippen molar-refractivity contribution >= 4 is 33.4 Å². The lowest BCUT2D eigenvalue weighted by atomic mass is 10.1. The number of carbonyl (C=O) groups is 3. The van der Waals surface area contributed by atoms with Crippen LogP contribution in [0.2, 0.25) is 0 Å². The van der Waals surface area contributed by atoms with Crippen LogP contribution in [0.3, 0.4) is 0 Å². The van der Waals surface area contributed by atoms with E-state index in [4.69, 9.17) is 9.47 Å². The smallest absolute Gasteiger partial charge is 0.338 e. The van der Waals surface area contributed by atoms with Crippen molar-refractivity contribution in [2.24, 2.45) is 5.92 Å². The number of rotatable bonds is 7. The largest absolute Gasteiger partial charge is 0.459 e. The summed E-state index contributed by atoms with van der Waals surface area (Å²) in [6.45, 7) is 3.04. The molecular formula is C18H23NO7S. The summed E-state index contributed by atoms with van der Waals surface area (Å²) in [5.74, 6) is -1.75. The molecule has 1 aliphatic rings. The number of ether oxygens (including phenoxy) is 2. The minimum atomic E-state index is -3.05. The number of anilines is 1. The van der Waals surface area contributed by atoms with E-state index in [0.717, 1.165) is 0 Å². The van der Waals surface area contributed by atoms with Crippen LogP contribution < -0.4 is 5.32 Å². The van der Waals surface area contributed by atoms with Gasteiger partial charge in [-0.3, -0.25) is 9.59 Å². The molecule has 1 aromatic rings. The SMILES string of the molecule is CC(C)OC(=O)c1ccc(NC(=O)COC(=O)C[C@H]2CCS(=O)(=O)C2)cc1. The first-order valence-corrected chi connectivity index (χ1v) is 10.4. The van der Waals surface area contributed by atoms with E-state index in [1.54, 1.807) is 26.0 Å². The molecule has 0 bridgehead atoms. The average molecular weight is 397 g/mol. The molecule has 0 spiro atoms. The Kier molecular flexibility index (Phi) is 6.95. The Morgan fingerprint density at radius 3 is 2.41 bits per heavy atom. The topological polar surface area (TPSA) is 116 Å². The third-order valence-corrected chi connectivity index (χ3v) is 5.73. The molecule has 148 valence electrons. The first kappa shape index (κ1) is 20.9. The Labute approximate surface area is 158 Å². The van der Waals surface area contributed by atoms with Crippen molar-refractivity contribution in [3.8, 4) is 0 Å². The molecule has 1 atom stereocenters. The Morgan fingerprint density at radius 2 is 1.85 bits per heavy atom. The van der Waals surface area contributed by atoms with Gasteiger partial charge in [-0.25, -0.2) is 13.2 Å². The van der Waals surface area contributed by atoms with Gasteiger partial charge in [-0.2, -0.15) is 0 Å². The van der Waals surface area contributed by atoms with Gasteiger partial charge in [0.15, 0.2) is 16.4 Å². The number of amides is 1. The van der Waals surface area contributed by atoms with Crippen LogP contribution in [0.15, 0.2) is 24.3 Å². The number of sulfone groups is 1. The number of hydrogen-bond acceptors (Lipinski definition) is 7. The van der Waals surface area contributed by atoms with Crippen LogP contribution in [0.1, 0.15) is 37.0 Å². The summed E-state index contributed by atoms with van der Waals surface area (Å²) in [7, 11) is -3.05. The summed E-state index contributed by atoms with van der Waals surface area (Å²) < 4.78 is 32.7. The van der Waals surface area contributed by atoms with E-state index >= 15 is 0 Å². The monoisotopic (exact) mass is 397 g/mol. The number of nitrogens with one attached hydrogen (secondary N) is 1. The molecule has 1 aromatic carbocycles. The molecule has 0 saturated carbocycles. The molecule has 1 N–H and O–H groups in total. The highest BCUT2D eigenvalue weighted by molar-refractivity contribution is 7.91. The predicted octanol–water partition coefficient (Wildman–Crippen LogP) is 1.56. The van der Waals surface area contributed by atoms with Gasteiger partial charge in [-0.15, -0.1) is 0 Å². The van der Waals surface area contributed by atoms with Crippen LogP contribution in [0, 0.1) is 5.92 Å². The highest BCUT2D eigenvalue weighted by Crippen LogP contribution is 2.21. The number of esters is 2. The van der Waals surface area contributed by atoms with Crippen LogP contribution in [0.5, 0.6) is 0 Å². The third-order valence-electron chi connectivity index (χ3n) is 3.89. The lowest BCUT2D eigenvalue weighted by Gasteiger charge is -2.10. The van der Waals surface area contributed by atoms with Gasteiger partial charge >= 0.3 is 11.9 Å². The van der Waals surface area contributed by atoms with Gasteiger partial charge in [0, 0.05) is 12.1 Å². The van der Waals surface area contributed by atoms with Gasteiger partial charge < -0.3 is 14.8 Å². The Morgan fingerprint density at radius 1 is 1.19 bits per heavy atom. The molecule has 1 saturated heterocycles. The molecule has 0 aromatic heterocycles. The second kappa shape index (κ2) is 8.98. The maximum absolute atomic E-state index is 11.8. The van der Waals surface area contributed by atoms with Gasteiger partial charge in [0.2, 0.25) is 0 Å². The van der Waals surface area contributed by atoms with Crippen molar-refractivity contribution in [1.29, 1.82) is 0 Å². The van der Waals surface area contributed by atoms with E-state index in [1.807, 2.05) is 0 Å². The van der Waals surface area contributed by atoms with E-state index in [-0.39, 0.29) is 29.9 Å². The van der Waals surface area contributed by atoms with Crippen LogP contribution in [0.4, 0.5) is 5.69 Å². The van der Waals surface area contributed by atoms with Crippen molar-refractivity contribution in [2.45, 2.75) is 32.8 Å². The fourth-order valence-electron chi connectivity index (χ4n) is 2.64. The molecule has 27 heavy (non-hydrogen) atoms. The zero-order valence-electron chi connectivity index (χ0n) is 15.3. The maximum Gasteiger partial charge on any atom is 0.338 e. The maximum atomic E-state index is 11.8. The quantitative estimate of drug-likeness (QED) is 0.694. The van der Waals surface area contributed by atoms with Crippen LogP contribution in [-0.2, 0) is 28.9 Å². The Bertz CT molecular complexity index is 800. The van der Waals surface area contributed by atoms with Crippen LogP contribution in [-0.4, -0.2) is 50.5 Å². The van der Waals surface area contributed by atoms with Crippen LogP contribution in [0.25, 0.3) is 0 Å². The second-order valence-electron chi connectivity index (χ2n) is 6.71. The molecule has 0 unspecified atom stereocenters. The van der Waals surface area contributed by atoms with E-state index < -0.39 is 34.3 Å². The first-order valence-electron chi connectivity index (χ1n) is 8.61. The average Bonchev–Trinajstić information content (AvgIpc) is 2.91. The fraction of sp³-hybridized carbons (Fsp3) is 0.500. The summed E-state index contributed by atoms with van der Waals surface area (Å²) >= 11 is 0. The molecule has 0 aliphatic carbocycles. The summed E-state index contributed by atoms with van der Waals surface area (Å²) in [6.07, 6.45) is 0.199. The molecule has 8 nitrogen and oxygen atoms in total. The summed E-state index contributed by atoms with van der Waals surface area (Å²) in [4.78, 5) is 35.3. The van der Waals surface area contributed by atoms with Crippen molar-refractivity contribution in [3.63, 3.8) is 0 Å². The highest BCUT2D eigenvalue weighted by Gasteiger charge is 2.30. The van der Waals surface area contributed by atoms with Gasteiger partial charge in [0.1, 0.15) is 0 Å². The van der Waals surface area contributed by atoms with Crippen molar-refractivity contribution in [3.05, 3.63) is 29.8 Å². The number of benzene rings is 1. The van der Waals surface area contributed by atoms with E-state index in [1.165, 1.54) is 12.1 Å². The molecule has 1 fully saturated rings. The van der Waals surface area contributed by atoms with Crippen molar-refractivity contribution < 1.29 is 32.3 Å².